The van der Waals surface area contributed by atoms with Crippen LogP contribution in [0.25, 0.3) is 0 Å². The highest BCUT2D eigenvalue weighted by Crippen LogP contribution is 2.43. The van der Waals surface area contributed by atoms with Gasteiger partial charge in [0.2, 0.25) is 0 Å². The van der Waals surface area contributed by atoms with Crippen molar-refractivity contribution in [2.24, 2.45) is 0 Å². The number of phosphoric ester groups is 1. The first-order valence-corrected chi connectivity index (χ1v) is 24.3. The first-order chi connectivity index (χ1) is 26.8. The highest BCUT2D eigenvalue weighted by molar-refractivity contribution is 7.47. The van der Waals surface area contributed by atoms with Gasteiger partial charge in [0.1, 0.15) is 12.2 Å². The molecule has 0 saturated heterocycles. The molecule has 3 N–H and O–H groups in total. The number of phosphoric acid groups is 1. The quantitative estimate of drug-likeness (QED) is 0.0238. The van der Waals surface area contributed by atoms with E-state index < -0.39 is 39.2 Å². The average Bonchev–Trinajstić information content (AvgIpc) is 3.18. The molecule has 0 saturated carbocycles. The Morgan fingerprint density at radius 2 is 0.927 bits per heavy atom. The third-order valence-corrected chi connectivity index (χ3v) is 10.8. The van der Waals surface area contributed by atoms with Crippen molar-refractivity contribution in [3.05, 3.63) is 24.3 Å². The van der Waals surface area contributed by atoms with Gasteiger partial charge in [-0.1, -0.05) is 167 Å². The second-order valence-electron chi connectivity index (χ2n) is 15.4. The van der Waals surface area contributed by atoms with E-state index in [1.165, 1.54) is 135 Å². The molecule has 0 aromatic rings. The Morgan fingerprint density at radius 1 is 0.545 bits per heavy atom. The largest absolute Gasteiger partial charge is 0.472 e. The number of carbonyl (C=O) groups is 1. The number of aliphatic hydroxyl groups excluding tert-OH is 2. The summed E-state index contributed by atoms with van der Waals surface area (Å²) >= 11 is 0. The molecule has 0 aliphatic carbocycles. The van der Waals surface area contributed by atoms with Crippen molar-refractivity contribution in [1.29, 1.82) is 0 Å². The van der Waals surface area contributed by atoms with Gasteiger partial charge in [0.25, 0.3) is 0 Å². The Bertz CT molecular complexity index is 913. The van der Waals surface area contributed by atoms with Gasteiger partial charge in [-0.3, -0.25) is 13.8 Å². The first kappa shape index (κ1) is 53.9. The topological polar surface area (TPSA) is 132 Å². The van der Waals surface area contributed by atoms with Crippen LogP contribution in [0.3, 0.4) is 0 Å². The van der Waals surface area contributed by atoms with Crippen LogP contribution in [0.2, 0.25) is 0 Å². The van der Waals surface area contributed by atoms with E-state index in [9.17, 15) is 19.4 Å². The van der Waals surface area contributed by atoms with Crippen LogP contribution in [0.5, 0.6) is 0 Å². The van der Waals surface area contributed by atoms with E-state index in [2.05, 4.69) is 38.2 Å². The van der Waals surface area contributed by atoms with Crippen molar-refractivity contribution in [3.8, 4) is 0 Å². The maximum Gasteiger partial charge on any atom is 0.472 e. The monoisotopic (exact) mass is 803 g/mol. The predicted molar refractivity (Wildman–Crippen MR) is 228 cm³/mol. The molecule has 3 unspecified atom stereocenters. The fourth-order valence-corrected chi connectivity index (χ4v) is 7.13. The molecule has 0 aromatic heterocycles. The minimum Gasteiger partial charge on any atom is -0.457 e. The van der Waals surface area contributed by atoms with Crippen molar-refractivity contribution in [2.45, 2.75) is 225 Å². The van der Waals surface area contributed by atoms with Crippen LogP contribution in [0.1, 0.15) is 213 Å². The second-order valence-corrected chi connectivity index (χ2v) is 16.9. The number of rotatable bonds is 44. The van der Waals surface area contributed by atoms with Crippen LogP contribution >= 0.6 is 7.82 Å². The molecule has 0 aromatic carbocycles. The Hall–Kier alpha value is -1.06. The van der Waals surface area contributed by atoms with E-state index >= 15 is 0 Å². The maximum atomic E-state index is 12.6. The minimum absolute atomic E-state index is 0.0465. The number of ether oxygens (including phenoxy) is 2. The predicted octanol–water partition coefficient (Wildman–Crippen LogP) is 12.6. The van der Waals surface area contributed by atoms with Gasteiger partial charge in [0, 0.05) is 13.0 Å². The van der Waals surface area contributed by atoms with Crippen LogP contribution in [0.15, 0.2) is 24.3 Å². The molecule has 0 heterocycles. The smallest absolute Gasteiger partial charge is 0.457 e. The Labute approximate surface area is 338 Å². The standard InChI is InChI=1S/C45H87O9P/c1-3-5-7-9-11-13-15-17-19-20-21-22-24-26-28-30-32-34-36-38-51-41-44(42-53-55(49,50)52-40-43(47)39-46)54-45(48)37-35-33-31-29-27-25-23-18-16-14-12-10-8-6-4-2/h18-20,23,43-44,46-47H,3-17,21-22,24-42H2,1-2H3,(H,49,50)/b20-19-,23-18-. The SMILES string of the molecule is CCCCCCCC/C=C\CCCCCCCC(=O)OC(COCCCCCCCCCC/C=C\CCCCCCCCC)COP(=O)(O)OCC(O)CO. The maximum absolute atomic E-state index is 12.6. The van der Waals surface area contributed by atoms with Crippen molar-refractivity contribution in [2.75, 3.05) is 33.0 Å². The summed E-state index contributed by atoms with van der Waals surface area (Å²) in [6.07, 6.45) is 44.2. The van der Waals surface area contributed by atoms with Crippen molar-refractivity contribution in [1.82, 2.24) is 0 Å². The Morgan fingerprint density at radius 3 is 1.36 bits per heavy atom. The van der Waals surface area contributed by atoms with Crippen molar-refractivity contribution >= 4 is 13.8 Å². The van der Waals surface area contributed by atoms with Crippen LogP contribution in [0.4, 0.5) is 0 Å². The highest BCUT2D eigenvalue weighted by Gasteiger charge is 2.26. The molecule has 0 rings (SSSR count). The molecule has 0 bridgehead atoms. The third kappa shape index (κ3) is 42.4. The van der Waals surface area contributed by atoms with E-state index in [0.29, 0.717) is 6.61 Å². The number of esters is 1. The molecule has 326 valence electrons. The Balaban J connectivity index is 4.13. The van der Waals surface area contributed by atoms with E-state index in [0.717, 1.165) is 57.8 Å². The molecule has 0 aliphatic rings. The van der Waals surface area contributed by atoms with Gasteiger partial charge in [-0.25, -0.2) is 4.57 Å². The van der Waals surface area contributed by atoms with Gasteiger partial charge in [0.05, 0.1) is 26.4 Å². The van der Waals surface area contributed by atoms with Crippen LogP contribution in [-0.2, 0) is 27.9 Å². The fourth-order valence-electron chi connectivity index (χ4n) is 6.35. The van der Waals surface area contributed by atoms with E-state index in [1.54, 1.807) is 0 Å². The number of allylic oxidation sites excluding steroid dienone is 4. The third-order valence-electron chi connectivity index (χ3n) is 9.86. The van der Waals surface area contributed by atoms with E-state index in [-0.39, 0.29) is 19.6 Å². The molecule has 0 amide bonds. The molecule has 55 heavy (non-hydrogen) atoms. The number of hydrogen-bond donors (Lipinski definition) is 3. The summed E-state index contributed by atoms with van der Waals surface area (Å²) in [6, 6.07) is 0. The normalized spacial score (nSPS) is 14.2. The molecular weight excluding hydrogens is 715 g/mol. The summed E-state index contributed by atoms with van der Waals surface area (Å²) in [5.74, 6) is -0.390. The molecule has 0 radical (unpaired) electrons. The van der Waals surface area contributed by atoms with E-state index in [4.69, 9.17) is 23.6 Å². The van der Waals surface area contributed by atoms with Gasteiger partial charge >= 0.3 is 13.8 Å². The first-order valence-electron chi connectivity index (χ1n) is 22.8. The Kier molecular flexibility index (Phi) is 41.7. The summed E-state index contributed by atoms with van der Waals surface area (Å²) in [6.45, 7) is 3.52. The lowest BCUT2D eigenvalue weighted by molar-refractivity contribution is -0.154. The molecule has 0 fully saturated rings. The summed E-state index contributed by atoms with van der Waals surface area (Å²) < 4.78 is 33.4. The number of unbranched alkanes of at least 4 members (excludes halogenated alkanes) is 26. The lowest BCUT2D eigenvalue weighted by atomic mass is 10.1. The fraction of sp³-hybridized carbons (Fsp3) is 0.889. The van der Waals surface area contributed by atoms with E-state index in [1.807, 2.05) is 0 Å². The molecule has 0 spiro atoms. The van der Waals surface area contributed by atoms with Crippen molar-refractivity contribution in [3.63, 3.8) is 0 Å². The number of carbonyl (C=O) groups excluding carboxylic acids is 1. The van der Waals surface area contributed by atoms with Gasteiger partial charge in [-0.05, 0) is 64.2 Å². The van der Waals surface area contributed by atoms with Gasteiger partial charge in [-0.15, -0.1) is 0 Å². The number of aliphatic hydroxyl groups is 2. The summed E-state index contributed by atoms with van der Waals surface area (Å²) in [7, 11) is -4.52. The summed E-state index contributed by atoms with van der Waals surface area (Å²) in [5.41, 5.74) is 0. The minimum atomic E-state index is -4.52. The second kappa shape index (κ2) is 42.5. The zero-order chi connectivity index (χ0) is 40.3. The summed E-state index contributed by atoms with van der Waals surface area (Å²) in [4.78, 5) is 22.6. The lowest BCUT2D eigenvalue weighted by Gasteiger charge is -2.20. The van der Waals surface area contributed by atoms with Crippen molar-refractivity contribution < 1.29 is 43.0 Å². The molecule has 9 nitrogen and oxygen atoms in total. The zero-order valence-corrected chi connectivity index (χ0v) is 36.6. The highest BCUT2D eigenvalue weighted by atomic mass is 31.2. The van der Waals surface area contributed by atoms with Gasteiger partial charge in [-0.2, -0.15) is 0 Å². The summed E-state index contributed by atoms with van der Waals surface area (Å²) in [5, 5.41) is 18.4. The molecule has 3 atom stereocenters. The molecule has 10 heteroatoms. The molecule has 0 aliphatic heterocycles. The lowest BCUT2D eigenvalue weighted by Crippen LogP contribution is -2.29. The average molecular weight is 803 g/mol. The number of hydrogen-bond acceptors (Lipinski definition) is 8. The van der Waals surface area contributed by atoms with Gasteiger partial charge < -0.3 is 24.6 Å². The van der Waals surface area contributed by atoms with Crippen LogP contribution < -0.4 is 0 Å². The van der Waals surface area contributed by atoms with Crippen LogP contribution in [0, 0.1) is 0 Å². The zero-order valence-electron chi connectivity index (χ0n) is 35.7. The van der Waals surface area contributed by atoms with Gasteiger partial charge in [0.15, 0.2) is 0 Å². The molecular formula is C45H87O9P. The van der Waals surface area contributed by atoms with Crippen LogP contribution in [-0.4, -0.2) is 66.3 Å².